The molecule has 18 heavy (non-hydrogen) atoms. The van der Waals surface area contributed by atoms with E-state index in [-0.39, 0.29) is 11.7 Å². The number of benzene rings is 1. The number of carbonyl (C=O) groups excluding carboxylic acids is 1. The molecule has 0 amide bonds. The van der Waals surface area contributed by atoms with E-state index in [1.807, 2.05) is 32.9 Å². The zero-order valence-electron chi connectivity index (χ0n) is 11.7. The van der Waals surface area contributed by atoms with Gasteiger partial charge in [-0.05, 0) is 50.4 Å². The van der Waals surface area contributed by atoms with Gasteiger partial charge in [-0.2, -0.15) is 0 Å². The summed E-state index contributed by atoms with van der Waals surface area (Å²) in [5, 5.41) is 0. The Hall–Kier alpha value is -1.35. The molecule has 0 radical (unpaired) electrons. The van der Waals surface area contributed by atoms with E-state index in [0.717, 1.165) is 24.0 Å². The third-order valence-electron chi connectivity index (χ3n) is 3.44. The molecule has 1 rings (SSSR count). The first-order valence-electron chi connectivity index (χ1n) is 6.41. The minimum absolute atomic E-state index is 0.00967. The van der Waals surface area contributed by atoms with Gasteiger partial charge in [0.1, 0.15) is 5.75 Å². The van der Waals surface area contributed by atoms with Crippen LogP contribution in [0.4, 0.5) is 0 Å². The molecule has 1 aromatic carbocycles. The van der Waals surface area contributed by atoms with Gasteiger partial charge in [0.25, 0.3) is 0 Å². The molecular weight excluding hydrogens is 226 g/mol. The largest absolute Gasteiger partial charge is 0.496 e. The third-order valence-corrected chi connectivity index (χ3v) is 3.44. The summed E-state index contributed by atoms with van der Waals surface area (Å²) in [4.78, 5) is 12.4. The highest BCUT2D eigenvalue weighted by molar-refractivity contribution is 6.00. The van der Waals surface area contributed by atoms with Crippen molar-refractivity contribution in [3.63, 3.8) is 0 Å². The number of ether oxygens (including phenoxy) is 1. The predicted molar refractivity (Wildman–Crippen MR) is 74.3 cm³/mol. The van der Waals surface area contributed by atoms with Crippen LogP contribution in [0.5, 0.6) is 5.75 Å². The molecule has 0 aliphatic heterocycles. The van der Waals surface area contributed by atoms with Gasteiger partial charge in [0, 0.05) is 5.92 Å². The van der Waals surface area contributed by atoms with Crippen molar-refractivity contribution in [2.45, 2.75) is 33.6 Å². The number of nitrogens with two attached hydrogens (primary N) is 1. The molecule has 0 spiro atoms. The molecule has 3 heteroatoms. The Morgan fingerprint density at radius 3 is 2.61 bits per heavy atom. The topological polar surface area (TPSA) is 52.3 Å². The number of aryl methyl sites for hydroxylation is 1. The molecule has 0 saturated carbocycles. The maximum absolute atomic E-state index is 12.4. The van der Waals surface area contributed by atoms with Gasteiger partial charge in [-0.1, -0.05) is 13.0 Å². The van der Waals surface area contributed by atoms with Crippen LogP contribution in [0.2, 0.25) is 0 Å². The van der Waals surface area contributed by atoms with Crippen molar-refractivity contribution >= 4 is 5.78 Å². The monoisotopic (exact) mass is 249 g/mol. The first-order chi connectivity index (χ1) is 8.52. The Morgan fingerprint density at radius 1 is 1.39 bits per heavy atom. The minimum atomic E-state index is -0.00967. The molecule has 0 heterocycles. The van der Waals surface area contributed by atoms with Crippen LogP contribution >= 0.6 is 0 Å². The van der Waals surface area contributed by atoms with Gasteiger partial charge in [0.05, 0.1) is 12.7 Å². The van der Waals surface area contributed by atoms with Crippen molar-refractivity contribution in [3.8, 4) is 5.75 Å². The fourth-order valence-electron chi connectivity index (χ4n) is 2.07. The average Bonchev–Trinajstić information content (AvgIpc) is 2.38. The Balaban J connectivity index is 3.02. The van der Waals surface area contributed by atoms with Gasteiger partial charge >= 0.3 is 0 Å². The normalized spacial score (nSPS) is 12.3. The molecule has 0 aliphatic carbocycles. The molecular formula is C15H23NO2. The Bertz CT molecular complexity index is 427. The Morgan fingerprint density at radius 2 is 2.06 bits per heavy atom. The molecule has 0 fully saturated rings. The summed E-state index contributed by atoms with van der Waals surface area (Å²) in [6, 6.07) is 3.84. The van der Waals surface area contributed by atoms with Crippen molar-refractivity contribution < 1.29 is 9.53 Å². The van der Waals surface area contributed by atoms with E-state index in [9.17, 15) is 4.79 Å². The van der Waals surface area contributed by atoms with E-state index in [0.29, 0.717) is 17.9 Å². The van der Waals surface area contributed by atoms with Crippen molar-refractivity contribution in [2.24, 2.45) is 11.7 Å². The highest BCUT2D eigenvalue weighted by Gasteiger charge is 2.20. The first kappa shape index (κ1) is 14.7. The summed E-state index contributed by atoms with van der Waals surface area (Å²) in [6.45, 7) is 6.58. The molecule has 3 nitrogen and oxygen atoms in total. The summed E-state index contributed by atoms with van der Waals surface area (Å²) in [5.74, 6) is 0.840. The highest BCUT2D eigenvalue weighted by Crippen LogP contribution is 2.28. The van der Waals surface area contributed by atoms with Crippen molar-refractivity contribution in [3.05, 3.63) is 28.8 Å². The lowest BCUT2D eigenvalue weighted by atomic mass is 9.92. The molecule has 100 valence electrons. The predicted octanol–water partition coefficient (Wildman–Crippen LogP) is 2.87. The standard InChI is InChI=1S/C15H23NO2/c1-10-7-8-13(15(18-4)12(10)3)14(17)11(2)6-5-9-16/h7-8,11H,5-6,9,16H2,1-4H3. The third kappa shape index (κ3) is 3.10. The van der Waals surface area contributed by atoms with Crippen LogP contribution in [0, 0.1) is 19.8 Å². The second-order valence-electron chi connectivity index (χ2n) is 4.78. The lowest BCUT2D eigenvalue weighted by Crippen LogP contribution is -2.15. The smallest absolute Gasteiger partial charge is 0.169 e. The van der Waals surface area contributed by atoms with E-state index in [4.69, 9.17) is 10.5 Å². The highest BCUT2D eigenvalue weighted by atomic mass is 16.5. The van der Waals surface area contributed by atoms with Crippen molar-refractivity contribution in [1.29, 1.82) is 0 Å². The van der Waals surface area contributed by atoms with Gasteiger partial charge < -0.3 is 10.5 Å². The number of ketones is 1. The van der Waals surface area contributed by atoms with E-state index in [2.05, 4.69) is 0 Å². The maximum atomic E-state index is 12.4. The van der Waals surface area contributed by atoms with Gasteiger partial charge in [-0.25, -0.2) is 0 Å². The molecule has 0 aliphatic rings. The molecule has 0 saturated heterocycles. The van der Waals surface area contributed by atoms with Crippen LogP contribution in [0.3, 0.4) is 0 Å². The Labute approximate surface area is 109 Å². The SMILES string of the molecule is COc1c(C(=O)C(C)CCCN)ccc(C)c1C. The minimum Gasteiger partial charge on any atom is -0.496 e. The van der Waals surface area contributed by atoms with Crippen LogP contribution < -0.4 is 10.5 Å². The van der Waals surface area contributed by atoms with E-state index >= 15 is 0 Å². The molecule has 1 atom stereocenters. The van der Waals surface area contributed by atoms with Crippen LogP contribution in [0.15, 0.2) is 12.1 Å². The molecule has 0 aromatic heterocycles. The van der Waals surface area contributed by atoms with Crippen molar-refractivity contribution in [2.75, 3.05) is 13.7 Å². The summed E-state index contributed by atoms with van der Waals surface area (Å²) in [6.07, 6.45) is 1.70. The zero-order chi connectivity index (χ0) is 13.7. The van der Waals surface area contributed by atoms with Gasteiger partial charge in [-0.15, -0.1) is 0 Å². The number of rotatable bonds is 6. The lowest BCUT2D eigenvalue weighted by molar-refractivity contribution is 0.0920. The summed E-state index contributed by atoms with van der Waals surface area (Å²) >= 11 is 0. The second kappa shape index (κ2) is 6.55. The number of Topliss-reactive ketones (excluding diaryl/α,β-unsaturated/α-hetero) is 1. The summed E-state index contributed by atoms with van der Waals surface area (Å²) < 4.78 is 5.39. The van der Waals surface area contributed by atoms with Crippen molar-refractivity contribution in [1.82, 2.24) is 0 Å². The maximum Gasteiger partial charge on any atom is 0.169 e. The van der Waals surface area contributed by atoms with E-state index < -0.39 is 0 Å². The number of hydrogen-bond donors (Lipinski definition) is 1. The number of methoxy groups -OCH3 is 1. The number of carbonyl (C=O) groups is 1. The van der Waals surface area contributed by atoms with Crippen LogP contribution in [0.1, 0.15) is 41.3 Å². The first-order valence-corrected chi connectivity index (χ1v) is 6.41. The summed E-state index contributed by atoms with van der Waals surface area (Å²) in [7, 11) is 1.61. The molecule has 1 unspecified atom stereocenters. The quantitative estimate of drug-likeness (QED) is 0.789. The molecule has 1 aromatic rings. The summed E-state index contributed by atoms with van der Waals surface area (Å²) in [5.41, 5.74) is 8.34. The average molecular weight is 249 g/mol. The molecule has 2 N–H and O–H groups in total. The zero-order valence-corrected chi connectivity index (χ0v) is 11.7. The Kier molecular flexibility index (Phi) is 5.35. The lowest BCUT2D eigenvalue weighted by Gasteiger charge is -2.15. The van der Waals surface area contributed by atoms with Crippen LogP contribution in [-0.4, -0.2) is 19.4 Å². The van der Waals surface area contributed by atoms with Gasteiger partial charge in [0.2, 0.25) is 0 Å². The number of hydrogen-bond acceptors (Lipinski definition) is 3. The van der Waals surface area contributed by atoms with Crippen LogP contribution in [-0.2, 0) is 0 Å². The van der Waals surface area contributed by atoms with Gasteiger partial charge in [-0.3, -0.25) is 4.79 Å². The van der Waals surface area contributed by atoms with Crippen LogP contribution in [0.25, 0.3) is 0 Å². The van der Waals surface area contributed by atoms with E-state index in [1.165, 1.54) is 0 Å². The second-order valence-corrected chi connectivity index (χ2v) is 4.78. The molecule has 0 bridgehead atoms. The van der Waals surface area contributed by atoms with E-state index in [1.54, 1.807) is 7.11 Å². The van der Waals surface area contributed by atoms with Gasteiger partial charge in [0.15, 0.2) is 5.78 Å². The fraction of sp³-hybridized carbons (Fsp3) is 0.533. The fourth-order valence-corrected chi connectivity index (χ4v) is 2.07.